The number of thiazole rings is 1. The summed E-state index contributed by atoms with van der Waals surface area (Å²) in [6.45, 7) is -1.79. The Labute approximate surface area is 143 Å². The number of carbonyl (C=O) groups excluding carboxylic acids is 1. The van der Waals surface area contributed by atoms with E-state index in [0.29, 0.717) is 16.3 Å². The molecule has 4 nitrogen and oxygen atoms in total. The van der Waals surface area contributed by atoms with Gasteiger partial charge in [0.15, 0.2) is 5.41 Å². The Morgan fingerprint density at radius 1 is 1.29 bits per heavy atom. The number of hydrogen-bond acceptors (Lipinski definition) is 4. The quantitative estimate of drug-likeness (QED) is 0.798. The molecule has 1 fully saturated rings. The normalized spacial score (nSPS) is 17.7. The smallest absolute Gasteiger partial charge is 0.336 e. The van der Waals surface area contributed by atoms with E-state index in [1.807, 2.05) is 0 Å². The number of likely N-dealkylation sites (tertiary alicyclic amines) is 1. The summed E-state index contributed by atoms with van der Waals surface area (Å²) >= 11 is 1.09. The third-order valence-electron chi connectivity index (χ3n) is 3.77. The van der Waals surface area contributed by atoms with Crippen LogP contribution in [0.5, 0.6) is 0 Å². The third-order valence-corrected chi connectivity index (χ3v) is 4.68. The topological polar surface area (TPSA) is 59.2 Å². The van der Waals surface area contributed by atoms with E-state index < -0.39 is 43.2 Å². The molecule has 1 aliphatic heterocycles. The maximum absolute atomic E-state index is 13.0. The maximum Gasteiger partial charge on any atom is 0.404 e. The van der Waals surface area contributed by atoms with Crippen LogP contribution in [-0.2, 0) is 6.42 Å². The number of halogens is 7. The molecule has 0 radical (unpaired) electrons. The van der Waals surface area contributed by atoms with Gasteiger partial charge in [0.1, 0.15) is 5.69 Å². The van der Waals surface area contributed by atoms with Crippen LogP contribution in [0.2, 0.25) is 0 Å². The lowest BCUT2D eigenvalue weighted by Gasteiger charge is -2.33. The Kier molecular flexibility index (Phi) is 6.16. The molecule has 0 unspecified atom stereocenters. The first-order valence-corrected chi connectivity index (χ1v) is 7.47. The lowest BCUT2D eigenvalue weighted by Crippen LogP contribution is -2.52. The van der Waals surface area contributed by atoms with Gasteiger partial charge in [-0.25, -0.2) is 4.98 Å². The van der Waals surface area contributed by atoms with Crippen molar-refractivity contribution < 1.29 is 31.1 Å². The van der Waals surface area contributed by atoms with Crippen molar-refractivity contribution in [3.05, 3.63) is 16.1 Å². The van der Waals surface area contributed by atoms with Crippen LogP contribution in [0, 0.1) is 5.41 Å². The standard InChI is InChI=1S/C12H13F6N3OS.ClH/c13-11(14,15)10(12(16,17)18)2-4-21(6-10)9(22)7-5-23-8(20-7)1-3-19;/h5H,1-4,6,19H2;1H. The summed E-state index contributed by atoms with van der Waals surface area (Å²) < 4.78 is 77.8. The number of alkyl halides is 6. The highest BCUT2D eigenvalue weighted by molar-refractivity contribution is 7.09. The molecule has 138 valence electrons. The zero-order chi connectivity index (χ0) is 17.5. The number of carbonyl (C=O) groups is 1. The van der Waals surface area contributed by atoms with Gasteiger partial charge >= 0.3 is 12.4 Å². The predicted molar refractivity (Wildman–Crippen MR) is 77.2 cm³/mol. The van der Waals surface area contributed by atoms with Crippen molar-refractivity contribution in [2.75, 3.05) is 19.6 Å². The predicted octanol–water partition coefficient (Wildman–Crippen LogP) is 3.02. The molecule has 1 aromatic heterocycles. The van der Waals surface area contributed by atoms with Gasteiger partial charge in [0.25, 0.3) is 5.91 Å². The molecule has 0 atom stereocenters. The Morgan fingerprint density at radius 3 is 2.33 bits per heavy atom. The second-order valence-corrected chi connectivity index (χ2v) is 6.16. The Balaban J connectivity index is 0.00000288. The number of hydrogen-bond donors (Lipinski definition) is 1. The fourth-order valence-electron chi connectivity index (χ4n) is 2.42. The molecule has 24 heavy (non-hydrogen) atoms. The monoisotopic (exact) mass is 397 g/mol. The molecule has 1 amide bonds. The van der Waals surface area contributed by atoms with Crippen LogP contribution < -0.4 is 5.73 Å². The first-order chi connectivity index (χ1) is 10.5. The molecule has 0 saturated carbocycles. The Hall–Kier alpha value is -1.07. The summed E-state index contributed by atoms with van der Waals surface area (Å²) in [4.78, 5) is 16.6. The number of nitrogens with two attached hydrogens (primary N) is 1. The minimum atomic E-state index is -5.48. The van der Waals surface area contributed by atoms with Crippen molar-refractivity contribution in [3.8, 4) is 0 Å². The molecule has 0 bridgehead atoms. The van der Waals surface area contributed by atoms with Crippen LogP contribution >= 0.6 is 23.7 Å². The SMILES string of the molecule is Cl.NCCc1nc(C(=O)N2CCC(C(F)(F)F)(C(F)(F)F)C2)cs1. The van der Waals surface area contributed by atoms with Gasteiger partial charge in [-0.2, -0.15) is 26.3 Å². The molecule has 1 aliphatic rings. The summed E-state index contributed by atoms with van der Waals surface area (Å²) in [7, 11) is 0. The van der Waals surface area contributed by atoms with Crippen molar-refractivity contribution in [1.29, 1.82) is 0 Å². The van der Waals surface area contributed by atoms with Crippen molar-refractivity contribution in [1.82, 2.24) is 9.88 Å². The number of rotatable bonds is 3. The molecule has 0 spiro atoms. The summed E-state index contributed by atoms with van der Waals surface area (Å²) in [6.07, 6.45) is -11.8. The molecule has 2 rings (SSSR count). The fourth-order valence-corrected chi connectivity index (χ4v) is 3.20. The minimum absolute atomic E-state index is 0. The molecule has 0 aliphatic carbocycles. The van der Waals surface area contributed by atoms with E-state index in [0.717, 1.165) is 11.3 Å². The molecular formula is C12H14ClF6N3OS. The van der Waals surface area contributed by atoms with E-state index in [9.17, 15) is 31.1 Å². The highest BCUT2D eigenvalue weighted by atomic mass is 35.5. The molecule has 1 aromatic rings. The summed E-state index contributed by atoms with van der Waals surface area (Å²) in [5, 5.41) is 1.82. The third kappa shape index (κ3) is 3.62. The Morgan fingerprint density at radius 2 is 1.88 bits per heavy atom. The molecule has 12 heteroatoms. The van der Waals surface area contributed by atoms with E-state index in [-0.39, 0.29) is 24.6 Å². The van der Waals surface area contributed by atoms with Gasteiger partial charge in [0, 0.05) is 24.9 Å². The van der Waals surface area contributed by atoms with Crippen LogP contribution in [0.1, 0.15) is 21.9 Å². The Bertz CT molecular complexity index is 574. The van der Waals surface area contributed by atoms with E-state index in [1.165, 1.54) is 5.38 Å². The van der Waals surface area contributed by atoms with Crippen molar-refractivity contribution in [2.24, 2.45) is 11.1 Å². The summed E-state index contributed by atoms with van der Waals surface area (Å²) in [5.74, 6) is -0.931. The number of aromatic nitrogens is 1. The first kappa shape index (κ1) is 21.0. The van der Waals surface area contributed by atoms with E-state index in [1.54, 1.807) is 0 Å². The first-order valence-electron chi connectivity index (χ1n) is 6.59. The summed E-state index contributed by atoms with van der Waals surface area (Å²) in [5.41, 5.74) is 1.28. The van der Waals surface area contributed by atoms with Gasteiger partial charge in [0.2, 0.25) is 0 Å². The van der Waals surface area contributed by atoms with Gasteiger partial charge in [-0.05, 0) is 13.0 Å². The van der Waals surface area contributed by atoms with E-state index in [4.69, 9.17) is 5.73 Å². The van der Waals surface area contributed by atoms with Crippen molar-refractivity contribution in [3.63, 3.8) is 0 Å². The number of amides is 1. The molecule has 0 aromatic carbocycles. The fraction of sp³-hybridized carbons (Fsp3) is 0.667. The van der Waals surface area contributed by atoms with Crippen LogP contribution in [0.25, 0.3) is 0 Å². The highest BCUT2D eigenvalue weighted by Crippen LogP contribution is 2.55. The maximum atomic E-state index is 13.0. The largest absolute Gasteiger partial charge is 0.404 e. The molecule has 2 N–H and O–H groups in total. The summed E-state index contributed by atoms with van der Waals surface area (Å²) in [6, 6.07) is 0. The number of nitrogens with zero attached hydrogens (tertiary/aromatic N) is 2. The van der Waals surface area contributed by atoms with Gasteiger partial charge < -0.3 is 10.6 Å². The van der Waals surface area contributed by atoms with Gasteiger partial charge in [-0.3, -0.25) is 4.79 Å². The molecule has 1 saturated heterocycles. The highest BCUT2D eigenvalue weighted by Gasteiger charge is 2.72. The van der Waals surface area contributed by atoms with Crippen molar-refractivity contribution >= 4 is 29.7 Å². The van der Waals surface area contributed by atoms with Gasteiger partial charge in [-0.15, -0.1) is 23.7 Å². The minimum Gasteiger partial charge on any atom is -0.336 e. The second kappa shape index (κ2) is 7.04. The van der Waals surface area contributed by atoms with E-state index >= 15 is 0 Å². The zero-order valence-corrected chi connectivity index (χ0v) is 13.7. The van der Waals surface area contributed by atoms with Crippen LogP contribution in [0.15, 0.2) is 5.38 Å². The lowest BCUT2D eigenvalue weighted by molar-refractivity contribution is -0.334. The molecular weight excluding hydrogens is 384 g/mol. The van der Waals surface area contributed by atoms with Gasteiger partial charge in [-0.1, -0.05) is 0 Å². The van der Waals surface area contributed by atoms with Crippen LogP contribution in [-0.4, -0.2) is 47.8 Å². The van der Waals surface area contributed by atoms with E-state index in [2.05, 4.69) is 4.98 Å². The lowest BCUT2D eigenvalue weighted by atomic mass is 9.85. The second-order valence-electron chi connectivity index (χ2n) is 5.22. The van der Waals surface area contributed by atoms with Crippen LogP contribution in [0.4, 0.5) is 26.3 Å². The average Bonchev–Trinajstić information content (AvgIpc) is 3.03. The van der Waals surface area contributed by atoms with Gasteiger partial charge in [0.05, 0.1) is 5.01 Å². The molecule has 2 heterocycles. The average molecular weight is 398 g/mol. The van der Waals surface area contributed by atoms with Crippen LogP contribution in [0.3, 0.4) is 0 Å². The van der Waals surface area contributed by atoms with Crippen molar-refractivity contribution in [2.45, 2.75) is 25.2 Å². The zero-order valence-electron chi connectivity index (χ0n) is 12.1.